The number of benzene rings is 1. The molecule has 3 heterocycles. The van der Waals surface area contributed by atoms with Crippen molar-refractivity contribution < 1.29 is 9.47 Å². The van der Waals surface area contributed by atoms with Crippen molar-refractivity contribution in [2.45, 2.75) is 26.4 Å². The molecule has 0 unspecified atom stereocenters. The Morgan fingerprint density at radius 1 is 1.12 bits per heavy atom. The SMILES string of the molecule is [C-]#[N+]C1=C(/C=C/c2c(-c3ccc(OC)cc3)c(C)c3ccccn23)C(C)(C)OC1=C(C#N)C#N. The zero-order valence-electron chi connectivity index (χ0n) is 19.4. The van der Waals surface area contributed by atoms with Crippen LogP contribution in [0.1, 0.15) is 25.1 Å². The van der Waals surface area contributed by atoms with E-state index >= 15 is 0 Å². The van der Waals surface area contributed by atoms with Gasteiger partial charge in [-0.15, -0.1) is 0 Å². The highest BCUT2D eigenvalue weighted by Crippen LogP contribution is 2.42. The summed E-state index contributed by atoms with van der Waals surface area (Å²) in [4.78, 5) is 3.61. The van der Waals surface area contributed by atoms with E-state index in [1.54, 1.807) is 7.11 Å². The van der Waals surface area contributed by atoms with Crippen LogP contribution in [-0.2, 0) is 4.74 Å². The van der Waals surface area contributed by atoms with Gasteiger partial charge >= 0.3 is 0 Å². The molecule has 0 saturated heterocycles. The number of hydrogen-bond acceptors (Lipinski definition) is 4. The Balaban J connectivity index is 1.95. The van der Waals surface area contributed by atoms with Crippen LogP contribution >= 0.6 is 0 Å². The number of allylic oxidation sites excluding steroid dienone is 1. The molecule has 0 atom stereocenters. The first kappa shape index (κ1) is 22.5. The lowest BCUT2D eigenvalue weighted by Gasteiger charge is -2.21. The van der Waals surface area contributed by atoms with E-state index in [4.69, 9.17) is 16.0 Å². The van der Waals surface area contributed by atoms with Gasteiger partial charge < -0.3 is 13.9 Å². The van der Waals surface area contributed by atoms with Crippen molar-refractivity contribution >= 4 is 11.6 Å². The van der Waals surface area contributed by atoms with Crippen molar-refractivity contribution in [2.75, 3.05) is 7.11 Å². The summed E-state index contributed by atoms with van der Waals surface area (Å²) in [6.45, 7) is 13.4. The summed E-state index contributed by atoms with van der Waals surface area (Å²) in [6.07, 6.45) is 5.82. The van der Waals surface area contributed by atoms with Crippen molar-refractivity contribution in [1.29, 1.82) is 10.5 Å². The molecule has 0 aliphatic carbocycles. The van der Waals surface area contributed by atoms with Gasteiger partial charge in [0.15, 0.2) is 11.3 Å². The monoisotopic (exact) mass is 446 g/mol. The number of hydrogen-bond donors (Lipinski definition) is 0. The van der Waals surface area contributed by atoms with Gasteiger partial charge in [0.25, 0.3) is 0 Å². The van der Waals surface area contributed by atoms with E-state index in [1.165, 1.54) is 0 Å². The molecule has 3 aromatic rings. The second-order valence-electron chi connectivity index (χ2n) is 8.32. The maximum atomic E-state index is 9.32. The number of fused-ring (bicyclic) bond motifs is 1. The van der Waals surface area contributed by atoms with Crippen molar-refractivity contribution in [3.63, 3.8) is 0 Å². The van der Waals surface area contributed by atoms with Gasteiger partial charge in [-0.1, -0.05) is 24.3 Å². The predicted octanol–water partition coefficient (Wildman–Crippen LogP) is 6.22. The second-order valence-corrected chi connectivity index (χ2v) is 8.32. The maximum absolute atomic E-state index is 9.32. The van der Waals surface area contributed by atoms with Crippen molar-refractivity contribution in [3.05, 3.63) is 100 Å². The van der Waals surface area contributed by atoms with Crippen LogP contribution in [-0.4, -0.2) is 17.1 Å². The number of pyridine rings is 1. The lowest BCUT2D eigenvalue weighted by atomic mass is 9.96. The quantitative estimate of drug-likeness (QED) is 0.352. The second kappa shape index (κ2) is 8.66. The van der Waals surface area contributed by atoms with Crippen LogP contribution in [0.5, 0.6) is 5.75 Å². The minimum Gasteiger partial charge on any atom is -0.497 e. The number of ether oxygens (including phenoxy) is 2. The first-order valence-corrected chi connectivity index (χ1v) is 10.6. The predicted molar refractivity (Wildman–Crippen MR) is 130 cm³/mol. The Kier molecular flexibility index (Phi) is 5.72. The van der Waals surface area contributed by atoms with Crippen LogP contribution in [0, 0.1) is 36.2 Å². The zero-order chi connectivity index (χ0) is 24.5. The Bertz CT molecular complexity index is 1500. The lowest BCUT2D eigenvalue weighted by Crippen LogP contribution is -2.20. The number of rotatable bonds is 4. The molecular formula is C28H22N4O2. The van der Waals surface area contributed by atoms with Gasteiger partial charge in [0, 0.05) is 22.9 Å². The van der Waals surface area contributed by atoms with Crippen LogP contribution < -0.4 is 4.74 Å². The van der Waals surface area contributed by atoms with E-state index < -0.39 is 5.60 Å². The lowest BCUT2D eigenvalue weighted by molar-refractivity contribution is 0.0954. The summed E-state index contributed by atoms with van der Waals surface area (Å²) < 4.78 is 13.3. The average molecular weight is 447 g/mol. The molecule has 1 aliphatic rings. The van der Waals surface area contributed by atoms with Crippen molar-refractivity contribution in [2.24, 2.45) is 0 Å². The van der Waals surface area contributed by atoms with Crippen LogP contribution in [0.2, 0.25) is 0 Å². The molecule has 0 amide bonds. The van der Waals surface area contributed by atoms with E-state index in [0.29, 0.717) is 5.57 Å². The van der Waals surface area contributed by atoms with Gasteiger partial charge in [-0.3, -0.25) is 0 Å². The summed E-state index contributed by atoms with van der Waals surface area (Å²) in [5.41, 5.74) is 4.99. The molecule has 166 valence electrons. The van der Waals surface area contributed by atoms with E-state index in [2.05, 4.69) is 22.2 Å². The summed E-state index contributed by atoms with van der Waals surface area (Å²) in [5.74, 6) is 0.820. The minimum atomic E-state index is -0.868. The standard InChI is InChI=1S/C28H22N4O2/c1-18-23-8-6-7-15-32(23)24(25(18)19-9-11-21(33-5)12-10-19)14-13-22-26(31-4)27(20(16-29)17-30)34-28(22,2)3/h6-15H,1-3,5H3/b14-13+. The maximum Gasteiger partial charge on any atom is 0.237 e. The normalized spacial score (nSPS) is 14.6. The summed E-state index contributed by atoms with van der Waals surface area (Å²) in [6, 6.07) is 17.6. The topological polar surface area (TPSA) is 74.8 Å². The Hall–Kier alpha value is -4.73. The Labute approximate surface area is 198 Å². The van der Waals surface area contributed by atoms with E-state index in [9.17, 15) is 10.5 Å². The van der Waals surface area contributed by atoms with Crippen molar-refractivity contribution in [1.82, 2.24) is 4.40 Å². The summed E-state index contributed by atoms with van der Waals surface area (Å²) in [7, 11) is 1.64. The molecule has 6 heteroatoms. The highest BCUT2D eigenvalue weighted by atomic mass is 16.5. The number of nitriles is 2. The molecule has 0 radical (unpaired) electrons. The third-order valence-electron chi connectivity index (χ3n) is 5.96. The van der Waals surface area contributed by atoms with Gasteiger partial charge in [0.05, 0.1) is 19.4 Å². The van der Waals surface area contributed by atoms with Crippen LogP contribution in [0.25, 0.3) is 27.6 Å². The molecule has 0 bridgehead atoms. The first-order chi connectivity index (χ1) is 16.4. The molecule has 0 spiro atoms. The number of nitrogens with zero attached hydrogens (tertiary/aromatic N) is 4. The summed E-state index contributed by atoms with van der Waals surface area (Å²) in [5, 5.41) is 18.6. The van der Waals surface area contributed by atoms with E-state index in [-0.39, 0.29) is 17.0 Å². The molecule has 0 N–H and O–H groups in total. The molecule has 0 saturated carbocycles. The number of methoxy groups -OCH3 is 1. The fraction of sp³-hybridized carbons (Fsp3) is 0.179. The smallest absolute Gasteiger partial charge is 0.237 e. The molecule has 0 fully saturated rings. The first-order valence-electron chi connectivity index (χ1n) is 10.6. The molecule has 6 nitrogen and oxygen atoms in total. The van der Waals surface area contributed by atoms with Gasteiger partial charge in [0.2, 0.25) is 5.70 Å². The molecular weight excluding hydrogens is 424 g/mol. The van der Waals surface area contributed by atoms with Crippen molar-refractivity contribution in [3.8, 4) is 29.0 Å². The third-order valence-corrected chi connectivity index (χ3v) is 5.96. The highest BCUT2D eigenvalue weighted by Gasteiger charge is 2.38. The average Bonchev–Trinajstić information content (AvgIpc) is 3.28. The van der Waals surface area contributed by atoms with E-state index in [1.807, 2.05) is 80.7 Å². The minimum absolute atomic E-state index is 0.0382. The third kappa shape index (κ3) is 3.60. The van der Waals surface area contributed by atoms with Crippen LogP contribution in [0.3, 0.4) is 0 Å². The summed E-state index contributed by atoms with van der Waals surface area (Å²) >= 11 is 0. The Morgan fingerprint density at radius 2 is 1.82 bits per heavy atom. The van der Waals surface area contributed by atoms with E-state index in [0.717, 1.165) is 33.7 Å². The van der Waals surface area contributed by atoms with Gasteiger partial charge in [-0.2, -0.15) is 10.5 Å². The Morgan fingerprint density at radius 3 is 2.44 bits per heavy atom. The number of aromatic nitrogens is 1. The fourth-order valence-corrected chi connectivity index (χ4v) is 4.30. The molecule has 4 rings (SSSR count). The zero-order valence-corrected chi connectivity index (χ0v) is 19.4. The highest BCUT2D eigenvalue weighted by molar-refractivity contribution is 5.85. The van der Waals surface area contributed by atoms with Gasteiger partial charge in [0.1, 0.15) is 23.5 Å². The largest absolute Gasteiger partial charge is 0.497 e. The van der Waals surface area contributed by atoms with Crippen LogP contribution in [0.4, 0.5) is 0 Å². The molecule has 2 aromatic heterocycles. The fourth-order valence-electron chi connectivity index (χ4n) is 4.30. The van der Waals surface area contributed by atoms with Crippen LogP contribution in [0.15, 0.2) is 77.3 Å². The van der Waals surface area contributed by atoms with Gasteiger partial charge in [-0.05, 0) is 62.2 Å². The molecule has 1 aliphatic heterocycles. The van der Waals surface area contributed by atoms with Gasteiger partial charge in [-0.25, -0.2) is 4.85 Å². The molecule has 1 aromatic carbocycles. The number of aryl methyl sites for hydroxylation is 1. The molecule has 34 heavy (non-hydrogen) atoms.